The zero-order chi connectivity index (χ0) is 21.2. The lowest BCUT2D eigenvalue weighted by Crippen LogP contribution is -2.52. The summed E-state index contributed by atoms with van der Waals surface area (Å²) in [7, 11) is 0. The first-order chi connectivity index (χ1) is 15.2. The molecule has 164 valence electrons. The summed E-state index contributed by atoms with van der Waals surface area (Å²) >= 11 is 3.64. The molecule has 6 nitrogen and oxygen atoms in total. The van der Waals surface area contributed by atoms with Crippen LogP contribution < -0.4 is 11.1 Å². The molecule has 0 amide bonds. The van der Waals surface area contributed by atoms with Gasteiger partial charge in [-0.2, -0.15) is 0 Å². The summed E-state index contributed by atoms with van der Waals surface area (Å²) in [5.41, 5.74) is 8.44. The molecule has 0 bridgehead atoms. The van der Waals surface area contributed by atoms with Crippen molar-refractivity contribution in [3.8, 4) is 0 Å². The van der Waals surface area contributed by atoms with Gasteiger partial charge < -0.3 is 20.5 Å². The van der Waals surface area contributed by atoms with Crippen LogP contribution in [0.5, 0.6) is 0 Å². The number of nitrogens with two attached hydrogens (primary N) is 1. The third kappa shape index (κ3) is 4.64. The Morgan fingerprint density at radius 1 is 1.10 bits per heavy atom. The monoisotopic (exact) mass is 482 g/mol. The summed E-state index contributed by atoms with van der Waals surface area (Å²) in [6.45, 7) is 5.91. The molecular formula is C24H31BrN6. The lowest BCUT2D eigenvalue weighted by atomic mass is 9.97. The van der Waals surface area contributed by atoms with E-state index in [1.165, 1.54) is 44.5 Å². The van der Waals surface area contributed by atoms with Crippen LogP contribution in [-0.4, -0.2) is 52.2 Å². The zero-order valence-electron chi connectivity index (χ0n) is 17.9. The molecule has 5 rings (SSSR count). The van der Waals surface area contributed by atoms with Crippen LogP contribution in [0.1, 0.15) is 30.9 Å². The van der Waals surface area contributed by atoms with Crippen molar-refractivity contribution in [2.75, 3.05) is 38.5 Å². The molecule has 0 spiro atoms. The summed E-state index contributed by atoms with van der Waals surface area (Å²) in [5.74, 6) is 2.12. The lowest BCUT2D eigenvalue weighted by Gasteiger charge is -2.41. The molecule has 2 aliphatic rings. The maximum atomic E-state index is 6.07. The summed E-state index contributed by atoms with van der Waals surface area (Å²) in [4.78, 5) is 11.3. The van der Waals surface area contributed by atoms with E-state index in [4.69, 9.17) is 5.73 Å². The quantitative estimate of drug-likeness (QED) is 0.476. The summed E-state index contributed by atoms with van der Waals surface area (Å²) in [6, 6.07) is 11.2. The topological polar surface area (TPSA) is 72.0 Å². The minimum Gasteiger partial charge on any atom is -0.383 e. The van der Waals surface area contributed by atoms with Gasteiger partial charge in [0, 0.05) is 42.9 Å². The number of likely N-dealkylation sites (tertiary alicyclic amines) is 1. The zero-order valence-corrected chi connectivity index (χ0v) is 19.5. The highest BCUT2D eigenvalue weighted by Crippen LogP contribution is 2.40. The number of halogens is 1. The van der Waals surface area contributed by atoms with Gasteiger partial charge >= 0.3 is 0 Å². The molecule has 0 radical (unpaired) electrons. The summed E-state index contributed by atoms with van der Waals surface area (Å²) in [6.07, 6.45) is 8.55. The molecule has 1 saturated heterocycles. The number of nitrogen functional groups attached to an aromatic ring is 1. The van der Waals surface area contributed by atoms with Gasteiger partial charge in [0.05, 0.1) is 5.39 Å². The van der Waals surface area contributed by atoms with Gasteiger partial charge in [-0.15, -0.1) is 0 Å². The number of hydrogen-bond acceptors (Lipinski definition) is 5. The van der Waals surface area contributed by atoms with Crippen LogP contribution >= 0.6 is 15.9 Å². The third-order valence-corrected chi connectivity index (χ3v) is 7.52. The fourth-order valence-electron chi connectivity index (χ4n) is 5.31. The maximum absolute atomic E-state index is 6.07. The van der Waals surface area contributed by atoms with Gasteiger partial charge in [-0.1, -0.05) is 30.3 Å². The van der Waals surface area contributed by atoms with E-state index < -0.39 is 0 Å². The number of nitrogens with one attached hydrogen (secondary N) is 1. The Balaban J connectivity index is 1.05. The smallest absolute Gasteiger partial charge is 0.146 e. The lowest BCUT2D eigenvalue weighted by molar-refractivity contribution is 0.0814. The van der Waals surface area contributed by atoms with Crippen LogP contribution in [0.2, 0.25) is 0 Å². The van der Waals surface area contributed by atoms with E-state index in [9.17, 15) is 0 Å². The molecule has 3 heterocycles. The van der Waals surface area contributed by atoms with Crippen molar-refractivity contribution >= 4 is 32.8 Å². The molecule has 1 aliphatic heterocycles. The van der Waals surface area contributed by atoms with Crippen LogP contribution in [0.3, 0.4) is 0 Å². The number of benzene rings is 1. The molecule has 7 heteroatoms. The van der Waals surface area contributed by atoms with Crippen molar-refractivity contribution in [1.29, 1.82) is 0 Å². The second-order valence-corrected chi connectivity index (χ2v) is 10.1. The van der Waals surface area contributed by atoms with Crippen molar-refractivity contribution in [3.05, 3.63) is 52.9 Å². The van der Waals surface area contributed by atoms with Crippen molar-refractivity contribution in [2.45, 2.75) is 31.7 Å². The van der Waals surface area contributed by atoms with Crippen molar-refractivity contribution < 1.29 is 0 Å². The summed E-state index contributed by atoms with van der Waals surface area (Å²) < 4.78 is 3.31. The number of rotatable bonds is 8. The summed E-state index contributed by atoms with van der Waals surface area (Å²) in [5, 5.41) is 4.59. The predicted octanol–water partition coefficient (Wildman–Crippen LogP) is 3.88. The Hall–Kier alpha value is -1.96. The van der Waals surface area contributed by atoms with Gasteiger partial charge in [-0.3, -0.25) is 0 Å². The maximum Gasteiger partial charge on any atom is 0.146 e. The second kappa shape index (κ2) is 9.27. The third-order valence-electron chi connectivity index (χ3n) is 6.91. The predicted molar refractivity (Wildman–Crippen MR) is 129 cm³/mol. The number of nitrogens with zero attached hydrogens (tertiary/aromatic N) is 4. The van der Waals surface area contributed by atoms with E-state index in [0.717, 1.165) is 46.9 Å². The Bertz CT molecular complexity index is 1010. The fourth-order valence-corrected chi connectivity index (χ4v) is 5.91. The van der Waals surface area contributed by atoms with E-state index >= 15 is 0 Å². The highest BCUT2D eigenvalue weighted by atomic mass is 79.9. The van der Waals surface area contributed by atoms with Gasteiger partial charge in [0.25, 0.3) is 0 Å². The van der Waals surface area contributed by atoms with Gasteiger partial charge in [0.15, 0.2) is 0 Å². The number of fused-ring (bicyclic) bond motifs is 1. The van der Waals surface area contributed by atoms with Crippen molar-refractivity contribution in [1.82, 2.24) is 24.8 Å². The molecule has 1 aromatic carbocycles. The molecular weight excluding hydrogens is 452 g/mol. The Kier molecular flexibility index (Phi) is 6.25. The van der Waals surface area contributed by atoms with Crippen LogP contribution in [-0.2, 0) is 6.42 Å². The molecule has 31 heavy (non-hydrogen) atoms. The van der Waals surface area contributed by atoms with E-state index in [1.54, 1.807) is 6.33 Å². The van der Waals surface area contributed by atoms with Gasteiger partial charge in [0.1, 0.15) is 17.8 Å². The second-order valence-electron chi connectivity index (χ2n) is 9.20. The van der Waals surface area contributed by atoms with Crippen LogP contribution in [0.25, 0.3) is 11.0 Å². The normalized spacial score (nSPS) is 22.2. The van der Waals surface area contributed by atoms with Gasteiger partial charge in [0.2, 0.25) is 0 Å². The average Bonchev–Trinajstić information content (AvgIpc) is 3.34. The minimum absolute atomic E-state index is 0.504. The molecule has 2 atom stereocenters. The first kappa shape index (κ1) is 20.9. The number of anilines is 1. The highest BCUT2D eigenvalue weighted by molar-refractivity contribution is 9.10. The first-order valence-electron chi connectivity index (χ1n) is 11.4. The fraction of sp³-hybridized carbons (Fsp3) is 0.500. The molecule has 1 saturated carbocycles. The minimum atomic E-state index is 0.504. The van der Waals surface area contributed by atoms with Crippen molar-refractivity contribution in [2.24, 2.45) is 11.8 Å². The van der Waals surface area contributed by atoms with E-state index in [2.05, 4.69) is 77.2 Å². The van der Waals surface area contributed by atoms with Crippen LogP contribution in [0.15, 0.2) is 47.3 Å². The molecule has 3 aromatic rings. The number of hydrogen-bond donors (Lipinski definition) is 2. The molecule has 3 N–H and O–H groups in total. The van der Waals surface area contributed by atoms with Crippen LogP contribution in [0.4, 0.5) is 5.82 Å². The standard InChI is InChI=1S/C24H31BrN6/c25-21-15-31(24-22(21)23(26)28-16-29-24)20-7-6-18(10-20)12-30-13-19(14-30)11-27-9-8-17-4-2-1-3-5-17/h1-5,15-16,18-20,27H,6-14H2,(H2,26,28,29). The van der Waals surface area contributed by atoms with Gasteiger partial charge in [-0.25, -0.2) is 9.97 Å². The largest absolute Gasteiger partial charge is 0.383 e. The van der Waals surface area contributed by atoms with E-state index in [0.29, 0.717) is 11.9 Å². The Labute approximate surface area is 192 Å². The Morgan fingerprint density at radius 3 is 2.77 bits per heavy atom. The highest BCUT2D eigenvalue weighted by Gasteiger charge is 2.33. The van der Waals surface area contributed by atoms with Gasteiger partial charge in [-0.05, 0) is 65.6 Å². The Morgan fingerprint density at radius 2 is 1.94 bits per heavy atom. The van der Waals surface area contributed by atoms with E-state index in [1.807, 2.05) is 0 Å². The number of aromatic nitrogens is 3. The van der Waals surface area contributed by atoms with Crippen LogP contribution in [0, 0.1) is 11.8 Å². The first-order valence-corrected chi connectivity index (χ1v) is 12.2. The molecule has 2 unspecified atom stereocenters. The molecule has 2 fully saturated rings. The van der Waals surface area contributed by atoms with E-state index in [-0.39, 0.29) is 0 Å². The van der Waals surface area contributed by atoms with Crippen molar-refractivity contribution in [3.63, 3.8) is 0 Å². The SMILES string of the molecule is Nc1ncnc2c1c(Br)cn2C1CCC(CN2CC(CNCCc3ccccc3)C2)C1. The molecule has 1 aliphatic carbocycles. The molecule has 2 aromatic heterocycles. The average molecular weight is 483 g/mol.